The smallest absolute Gasteiger partial charge is 0.228 e. The number of benzene rings is 2. The zero-order valence-electron chi connectivity index (χ0n) is 13.2. The number of anilines is 1. The SMILES string of the molecule is Cc1cccc(NC(=O)Cc2c(C)n(C)c3ccccc23)c1. The molecule has 3 rings (SSSR count). The molecule has 1 heterocycles. The summed E-state index contributed by atoms with van der Waals surface area (Å²) in [6, 6.07) is 16.1. The van der Waals surface area contributed by atoms with Gasteiger partial charge in [-0.2, -0.15) is 0 Å². The van der Waals surface area contributed by atoms with Crippen LogP contribution in [-0.2, 0) is 18.3 Å². The van der Waals surface area contributed by atoms with Crippen molar-refractivity contribution in [3.8, 4) is 0 Å². The number of aryl methyl sites for hydroxylation is 2. The Kier molecular flexibility index (Phi) is 3.72. The third-order valence-electron chi connectivity index (χ3n) is 4.17. The molecule has 1 N–H and O–H groups in total. The summed E-state index contributed by atoms with van der Waals surface area (Å²) in [7, 11) is 2.04. The Labute approximate surface area is 130 Å². The van der Waals surface area contributed by atoms with Crippen molar-refractivity contribution in [2.45, 2.75) is 20.3 Å². The Bertz CT molecular complexity index is 846. The van der Waals surface area contributed by atoms with Crippen LogP contribution in [0.1, 0.15) is 16.8 Å². The third kappa shape index (κ3) is 2.62. The van der Waals surface area contributed by atoms with E-state index in [0.29, 0.717) is 6.42 Å². The number of aromatic nitrogens is 1. The van der Waals surface area contributed by atoms with Crippen molar-refractivity contribution in [3.63, 3.8) is 0 Å². The monoisotopic (exact) mass is 292 g/mol. The number of fused-ring (bicyclic) bond motifs is 1. The Morgan fingerprint density at radius 3 is 2.64 bits per heavy atom. The molecule has 0 bridgehead atoms. The summed E-state index contributed by atoms with van der Waals surface area (Å²) in [4.78, 5) is 12.4. The number of rotatable bonds is 3. The molecule has 0 radical (unpaired) electrons. The van der Waals surface area contributed by atoms with E-state index in [-0.39, 0.29) is 5.91 Å². The van der Waals surface area contributed by atoms with Crippen molar-refractivity contribution in [3.05, 3.63) is 65.4 Å². The standard InChI is InChI=1S/C19H20N2O/c1-13-7-6-8-15(11-13)20-19(22)12-17-14(2)21(3)18-10-5-4-9-16(17)18/h4-11H,12H2,1-3H3,(H,20,22). The molecule has 0 saturated carbocycles. The predicted molar refractivity (Wildman–Crippen MR) is 91.2 cm³/mol. The lowest BCUT2D eigenvalue weighted by Crippen LogP contribution is -2.15. The number of para-hydroxylation sites is 1. The first-order chi connectivity index (χ1) is 10.6. The van der Waals surface area contributed by atoms with Crippen molar-refractivity contribution < 1.29 is 4.79 Å². The molecular weight excluding hydrogens is 272 g/mol. The van der Waals surface area contributed by atoms with E-state index in [4.69, 9.17) is 0 Å². The molecule has 0 fully saturated rings. The van der Waals surface area contributed by atoms with Gasteiger partial charge in [-0.1, -0.05) is 30.3 Å². The zero-order valence-corrected chi connectivity index (χ0v) is 13.2. The zero-order chi connectivity index (χ0) is 15.7. The lowest BCUT2D eigenvalue weighted by atomic mass is 10.1. The van der Waals surface area contributed by atoms with Gasteiger partial charge in [-0.3, -0.25) is 4.79 Å². The van der Waals surface area contributed by atoms with Crippen LogP contribution in [0, 0.1) is 13.8 Å². The van der Waals surface area contributed by atoms with Crippen LogP contribution in [0.2, 0.25) is 0 Å². The van der Waals surface area contributed by atoms with Crippen LogP contribution in [0.25, 0.3) is 10.9 Å². The molecule has 112 valence electrons. The van der Waals surface area contributed by atoms with Crippen LogP contribution in [0.15, 0.2) is 48.5 Å². The van der Waals surface area contributed by atoms with Crippen LogP contribution < -0.4 is 5.32 Å². The maximum Gasteiger partial charge on any atom is 0.228 e. The Balaban J connectivity index is 1.87. The van der Waals surface area contributed by atoms with Gasteiger partial charge in [0, 0.05) is 29.3 Å². The molecule has 22 heavy (non-hydrogen) atoms. The second kappa shape index (κ2) is 5.68. The normalized spacial score (nSPS) is 10.9. The van der Waals surface area contributed by atoms with Gasteiger partial charge in [0.25, 0.3) is 0 Å². The number of carbonyl (C=O) groups excluding carboxylic acids is 1. The fraction of sp³-hybridized carbons (Fsp3) is 0.211. The largest absolute Gasteiger partial charge is 0.348 e. The minimum absolute atomic E-state index is 0.0186. The fourth-order valence-electron chi connectivity index (χ4n) is 2.91. The number of hydrogen-bond acceptors (Lipinski definition) is 1. The van der Waals surface area contributed by atoms with Crippen LogP contribution in [-0.4, -0.2) is 10.5 Å². The average molecular weight is 292 g/mol. The number of amides is 1. The number of hydrogen-bond donors (Lipinski definition) is 1. The maximum absolute atomic E-state index is 12.4. The molecule has 0 unspecified atom stereocenters. The van der Waals surface area contributed by atoms with E-state index in [0.717, 1.165) is 27.9 Å². The van der Waals surface area contributed by atoms with Gasteiger partial charge in [0.15, 0.2) is 0 Å². The summed E-state index contributed by atoms with van der Waals surface area (Å²) >= 11 is 0. The Morgan fingerprint density at radius 1 is 1.09 bits per heavy atom. The van der Waals surface area contributed by atoms with E-state index in [2.05, 4.69) is 28.9 Å². The molecule has 0 spiro atoms. The molecule has 1 amide bonds. The highest BCUT2D eigenvalue weighted by Gasteiger charge is 2.14. The van der Waals surface area contributed by atoms with Gasteiger partial charge in [-0.25, -0.2) is 0 Å². The lowest BCUT2D eigenvalue weighted by Gasteiger charge is -2.07. The molecule has 3 nitrogen and oxygen atoms in total. The van der Waals surface area contributed by atoms with E-state index in [1.807, 2.05) is 50.4 Å². The van der Waals surface area contributed by atoms with E-state index >= 15 is 0 Å². The molecule has 0 aliphatic heterocycles. The average Bonchev–Trinajstić information content (AvgIpc) is 2.73. The van der Waals surface area contributed by atoms with Gasteiger partial charge < -0.3 is 9.88 Å². The quantitative estimate of drug-likeness (QED) is 0.778. The minimum Gasteiger partial charge on any atom is -0.348 e. The highest BCUT2D eigenvalue weighted by Crippen LogP contribution is 2.25. The first-order valence-corrected chi connectivity index (χ1v) is 7.45. The summed E-state index contributed by atoms with van der Waals surface area (Å²) in [5, 5.41) is 4.14. The van der Waals surface area contributed by atoms with Crippen molar-refractivity contribution in [1.82, 2.24) is 4.57 Å². The van der Waals surface area contributed by atoms with E-state index in [1.54, 1.807) is 0 Å². The number of nitrogens with zero attached hydrogens (tertiary/aromatic N) is 1. The molecule has 2 aromatic carbocycles. The van der Waals surface area contributed by atoms with E-state index in [9.17, 15) is 4.79 Å². The predicted octanol–water partition coefficient (Wildman–Crippen LogP) is 3.98. The van der Waals surface area contributed by atoms with E-state index < -0.39 is 0 Å². The Morgan fingerprint density at radius 2 is 1.86 bits per heavy atom. The second-order valence-corrected chi connectivity index (χ2v) is 5.73. The number of nitrogens with one attached hydrogen (secondary N) is 1. The van der Waals surface area contributed by atoms with Crippen molar-refractivity contribution in [1.29, 1.82) is 0 Å². The van der Waals surface area contributed by atoms with Crippen LogP contribution in [0.5, 0.6) is 0 Å². The fourth-order valence-corrected chi connectivity index (χ4v) is 2.91. The molecule has 1 aromatic heterocycles. The summed E-state index contributed by atoms with van der Waals surface area (Å²) < 4.78 is 2.14. The second-order valence-electron chi connectivity index (χ2n) is 5.73. The van der Waals surface area contributed by atoms with Crippen molar-refractivity contribution in [2.24, 2.45) is 7.05 Å². The summed E-state index contributed by atoms with van der Waals surface area (Å²) in [5.74, 6) is 0.0186. The van der Waals surface area contributed by atoms with Gasteiger partial charge in [0.1, 0.15) is 0 Å². The van der Waals surface area contributed by atoms with Crippen molar-refractivity contribution >= 4 is 22.5 Å². The first-order valence-electron chi connectivity index (χ1n) is 7.45. The first kappa shape index (κ1) is 14.4. The van der Waals surface area contributed by atoms with Crippen molar-refractivity contribution in [2.75, 3.05) is 5.32 Å². The van der Waals surface area contributed by atoms with Gasteiger partial charge in [-0.15, -0.1) is 0 Å². The lowest BCUT2D eigenvalue weighted by molar-refractivity contribution is -0.115. The van der Waals surface area contributed by atoms with Gasteiger partial charge in [0.2, 0.25) is 5.91 Å². The minimum atomic E-state index is 0.0186. The molecular formula is C19H20N2O. The molecule has 3 heteroatoms. The van der Waals surface area contributed by atoms with Crippen LogP contribution >= 0.6 is 0 Å². The highest BCUT2D eigenvalue weighted by atomic mass is 16.1. The summed E-state index contributed by atoms with van der Waals surface area (Å²) in [6.45, 7) is 4.08. The molecule has 3 aromatic rings. The molecule has 0 saturated heterocycles. The molecule has 0 atom stereocenters. The van der Waals surface area contributed by atoms with Gasteiger partial charge >= 0.3 is 0 Å². The van der Waals surface area contributed by atoms with Gasteiger partial charge in [0.05, 0.1) is 6.42 Å². The maximum atomic E-state index is 12.4. The van der Waals surface area contributed by atoms with Gasteiger partial charge in [-0.05, 0) is 43.2 Å². The topological polar surface area (TPSA) is 34.0 Å². The van der Waals surface area contributed by atoms with Crippen LogP contribution in [0.3, 0.4) is 0 Å². The summed E-state index contributed by atoms with van der Waals surface area (Å²) in [5.41, 5.74) is 5.39. The van der Waals surface area contributed by atoms with E-state index in [1.165, 1.54) is 5.52 Å². The number of carbonyl (C=O) groups is 1. The Hall–Kier alpha value is -2.55. The molecule has 0 aliphatic rings. The van der Waals surface area contributed by atoms with Crippen LogP contribution in [0.4, 0.5) is 5.69 Å². The third-order valence-corrected chi connectivity index (χ3v) is 4.17. The summed E-state index contributed by atoms with van der Waals surface area (Å²) in [6.07, 6.45) is 0.390. The highest BCUT2D eigenvalue weighted by molar-refractivity contribution is 5.96. The molecule has 0 aliphatic carbocycles.